The summed E-state index contributed by atoms with van der Waals surface area (Å²) in [7, 11) is 0. The van der Waals surface area contributed by atoms with Crippen LogP contribution in [0.3, 0.4) is 0 Å². The molecule has 9 heteroatoms. The van der Waals surface area contributed by atoms with Gasteiger partial charge in [-0.05, 0) is 54.1 Å². The Balaban J connectivity index is 1.52. The Morgan fingerprint density at radius 3 is 2.32 bits per heavy atom. The number of nitrogens with zero attached hydrogens (tertiary/aromatic N) is 2. The summed E-state index contributed by atoms with van der Waals surface area (Å²) in [6.07, 6.45) is 3.26. The number of rotatable bonds is 6. The maximum absolute atomic E-state index is 13.5. The van der Waals surface area contributed by atoms with Gasteiger partial charge in [-0.3, -0.25) is 19.8 Å². The number of carbonyl (C=O) groups excluding carboxylic acids is 1. The fourth-order valence-electron chi connectivity index (χ4n) is 4.02. The number of benzene rings is 3. The minimum atomic E-state index is -1.28. The van der Waals surface area contributed by atoms with Crippen molar-refractivity contribution in [2.45, 2.75) is 0 Å². The van der Waals surface area contributed by atoms with Crippen LogP contribution in [0.15, 0.2) is 101 Å². The van der Waals surface area contributed by atoms with E-state index in [0.717, 1.165) is 5.56 Å². The van der Waals surface area contributed by atoms with Crippen molar-refractivity contribution < 1.29 is 29.1 Å². The molecule has 0 saturated heterocycles. The maximum Gasteiger partial charge on any atom is 0.339 e. The summed E-state index contributed by atoms with van der Waals surface area (Å²) in [6.45, 7) is 0. The van der Waals surface area contributed by atoms with Gasteiger partial charge in [0.25, 0.3) is 11.6 Å². The molecule has 2 heterocycles. The predicted molar refractivity (Wildman–Crippen MR) is 136 cm³/mol. The predicted octanol–water partition coefficient (Wildman–Crippen LogP) is 5.73. The number of aromatic carboxylic acids is 1. The molecule has 2 N–H and O–H groups in total. The Bertz CT molecular complexity index is 1600. The first-order chi connectivity index (χ1) is 17.8. The van der Waals surface area contributed by atoms with Gasteiger partial charge in [0.2, 0.25) is 0 Å². The molecule has 1 aromatic heterocycles. The molecule has 1 amide bonds. The number of anilines is 1. The van der Waals surface area contributed by atoms with Gasteiger partial charge in [0, 0.05) is 29.3 Å². The number of aromatic hydroxyl groups is 1. The number of furan rings is 1. The minimum absolute atomic E-state index is 0.0321. The highest BCUT2D eigenvalue weighted by molar-refractivity contribution is 6.23. The zero-order valence-corrected chi connectivity index (χ0v) is 19.1. The molecule has 1 aliphatic heterocycles. The van der Waals surface area contributed by atoms with Crippen molar-refractivity contribution in [1.82, 2.24) is 0 Å². The lowest BCUT2D eigenvalue weighted by Crippen LogP contribution is -2.25. The van der Waals surface area contributed by atoms with E-state index in [4.69, 9.17) is 4.42 Å². The lowest BCUT2D eigenvalue weighted by molar-refractivity contribution is -0.384. The average molecular weight is 494 g/mol. The first-order valence-corrected chi connectivity index (χ1v) is 11.1. The van der Waals surface area contributed by atoms with Gasteiger partial charge in [-0.15, -0.1) is 0 Å². The van der Waals surface area contributed by atoms with Gasteiger partial charge in [-0.25, -0.2) is 4.79 Å². The topological polar surface area (TPSA) is 134 Å². The molecule has 3 aromatic carbocycles. The first kappa shape index (κ1) is 23.3. The monoisotopic (exact) mass is 494 g/mol. The molecule has 0 radical (unpaired) electrons. The average Bonchev–Trinajstić information content (AvgIpc) is 3.49. The highest BCUT2D eigenvalue weighted by Gasteiger charge is 2.31. The van der Waals surface area contributed by atoms with Crippen LogP contribution in [0.4, 0.5) is 11.4 Å². The number of hydrogen-bond donors (Lipinski definition) is 2. The molecule has 0 aliphatic carbocycles. The second-order valence-electron chi connectivity index (χ2n) is 8.15. The quantitative estimate of drug-likeness (QED) is 0.199. The molecular weight excluding hydrogens is 476 g/mol. The standard InChI is InChI=1S/C28H18N2O7/c31-25-16-21(10-12-23(25)28(33)34)29-24(17-4-2-1-3-5-17)15-19(27(29)32)14-22-11-13-26(37-22)18-6-8-20(9-7-18)30(35)36/h1-16,31H,(H,33,34)/b19-14-. The van der Waals surface area contributed by atoms with Crippen LogP contribution < -0.4 is 4.90 Å². The van der Waals surface area contributed by atoms with E-state index in [1.807, 2.05) is 30.3 Å². The summed E-state index contributed by atoms with van der Waals surface area (Å²) in [5, 5.41) is 30.3. The molecule has 0 fully saturated rings. The third-order valence-corrected chi connectivity index (χ3v) is 5.81. The largest absolute Gasteiger partial charge is 0.507 e. The van der Waals surface area contributed by atoms with Crippen LogP contribution in [0.5, 0.6) is 5.75 Å². The molecule has 5 rings (SSSR count). The number of carboxylic acid groups (broad SMARTS) is 1. The summed E-state index contributed by atoms with van der Waals surface area (Å²) >= 11 is 0. The normalized spacial score (nSPS) is 14.2. The summed E-state index contributed by atoms with van der Waals surface area (Å²) < 4.78 is 5.87. The Labute approximate surface area is 210 Å². The lowest BCUT2D eigenvalue weighted by Gasteiger charge is -2.21. The van der Waals surface area contributed by atoms with Crippen molar-refractivity contribution >= 4 is 35.0 Å². The van der Waals surface area contributed by atoms with Gasteiger partial charge in [0.1, 0.15) is 22.8 Å². The number of nitro benzene ring substituents is 1. The highest BCUT2D eigenvalue weighted by Crippen LogP contribution is 2.37. The number of phenols is 1. The maximum atomic E-state index is 13.5. The molecule has 0 bridgehead atoms. The SMILES string of the molecule is O=C(O)c1ccc(N2C(=O)/C(=C\c3ccc(-c4ccc([N+](=O)[O-])cc4)o3)C=C2c2ccccc2)cc1O. The molecule has 0 spiro atoms. The summed E-state index contributed by atoms with van der Waals surface area (Å²) in [5.74, 6) is -1.26. The van der Waals surface area contributed by atoms with Crippen LogP contribution in [0.1, 0.15) is 21.7 Å². The zero-order chi connectivity index (χ0) is 26.1. The third-order valence-electron chi connectivity index (χ3n) is 5.81. The molecule has 0 saturated carbocycles. The summed E-state index contributed by atoms with van der Waals surface area (Å²) in [5.41, 5.74) is 2.24. The van der Waals surface area contributed by atoms with Crippen molar-refractivity contribution in [3.8, 4) is 17.1 Å². The van der Waals surface area contributed by atoms with E-state index in [-0.39, 0.29) is 11.3 Å². The van der Waals surface area contributed by atoms with Gasteiger partial charge in [0.05, 0.1) is 16.3 Å². The number of carboxylic acids is 1. The van der Waals surface area contributed by atoms with E-state index in [9.17, 15) is 29.9 Å². The second kappa shape index (κ2) is 9.31. The molecule has 0 unspecified atom stereocenters. The van der Waals surface area contributed by atoms with Crippen molar-refractivity contribution in [2.24, 2.45) is 0 Å². The van der Waals surface area contributed by atoms with Gasteiger partial charge in [0.15, 0.2) is 0 Å². The van der Waals surface area contributed by atoms with Crippen molar-refractivity contribution in [2.75, 3.05) is 4.90 Å². The second-order valence-corrected chi connectivity index (χ2v) is 8.15. The highest BCUT2D eigenvalue weighted by atomic mass is 16.6. The number of carbonyl (C=O) groups is 2. The Kier molecular flexibility index (Phi) is 5.86. The third kappa shape index (κ3) is 4.48. The van der Waals surface area contributed by atoms with Gasteiger partial charge >= 0.3 is 5.97 Å². The summed E-state index contributed by atoms with van der Waals surface area (Å²) in [6, 6.07) is 22.4. The van der Waals surface area contributed by atoms with Crippen LogP contribution >= 0.6 is 0 Å². The molecule has 182 valence electrons. The van der Waals surface area contributed by atoms with Gasteiger partial charge < -0.3 is 14.6 Å². The molecule has 0 atom stereocenters. The lowest BCUT2D eigenvalue weighted by atomic mass is 10.1. The van der Waals surface area contributed by atoms with Crippen LogP contribution in [-0.4, -0.2) is 27.0 Å². The van der Waals surface area contributed by atoms with Crippen LogP contribution in [0.25, 0.3) is 23.1 Å². The van der Waals surface area contributed by atoms with E-state index in [2.05, 4.69) is 0 Å². The Hall–Kier alpha value is -5.44. The van der Waals surface area contributed by atoms with Crippen LogP contribution in [0, 0.1) is 10.1 Å². The van der Waals surface area contributed by atoms with Crippen LogP contribution in [0.2, 0.25) is 0 Å². The molecule has 1 aliphatic rings. The minimum Gasteiger partial charge on any atom is -0.507 e. The smallest absolute Gasteiger partial charge is 0.339 e. The van der Waals surface area contributed by atoms with E-state index in [1.54, 1.807) is 36.4 Å². The molecule has 4 aromatic rings. The van der Waals surface area contributed by atoms with Crippen molar-refractivity contribution in [1.29, 1.82) is 0 Å². The van der Waals surface area contributed by atoms with E-state index in [1.165, 1.54) is 35.2 Å². The number of nitro groups is 1. The van der Waals surface area contributed by atoms with Crippen molar-refractivity contribution in [3.05, 3.63) is 124 Å². The van der Waals surface area contributed by atoms with Crippen molar-refractivity contribution in [3.63, 3.8) is 0 Å². The summed E-state index contributed by atoms with van der Waals surface area (Å²) in [4.78, 5) is 36.6. The Morgan fingerprint density at radius 1 is 0.946 bits per heavy atom. The molecule has 37 heavy (non-hydrogen) atoms. The number of amides is 1. The number of non-ortho nitro benzene ring substituents is 1. The fraction of sp³-hybridized carbons (Fsp3) is 0. The van der Waals surface area contributed by atoms with Crippen LogP contribution in [-0.2, 0) is 4.79 Å². The zero-order valence-electron chi connectivity index (χ0n) is 19.1. The van der Waals surface area contributed by atoms with Gasteiger partial charge in [-0.1, -0.05) is 30.3 Å². The van der Waals surface area contributed by atoms with Gasteiger partial charge in [-0.2, -0.15) is 0 Å². The number of hydrogen-bond acceptors (Lipinski definition) is 6. The van der Waals surface area contributed by atoms with E-state index >= 15 is 0 Å². The first-order valence-electron chi connectivity index (χ1n) is 11.1. The molecular formula is C28H18N2O7. The van der Waals surface area contributed by atoms with E-state index < -0.39 is 22.5 Å². The molecule has 9 nitrogen and oxygen atoms in total. The van der Waals surface area contributed by atoms with E-state index in [0.29, 0.717) is 34.0 Å². The fourth-order valence-corrected chi connectivity index (χ4v) is 4.02. The Morgan fingerprint density at radius 2 is 1.68 bits per heavy atom.